The van der Waals surface area contributed by atoms with E-state index in [1.54, 1.807) is 32.0 Å². The third-order valence-corrected chi connectivity index (χ3v) is 7.92. The fraction of sp³-hybridized carbons (Fsp3) is 0.227. The number of nitrogens with zero attached hydrogens (tertiary/aromatic N) is 4. The standard InChI is InChI=1S/C22H20N4O5S2/c1-4-31-21(28)19-14(2)24(16-10-6-5-7-11-16)22(32-19)25(23-20(33-22)15(3)27)17-12-8-9-13-18(17)26(29)30/h5-13H,4H2,1-3H3. The maximum absolute atomic E-state index is 12.8. The fourth-order valence-corrected chi connectivity index (χ4v) is 6.52. The van der Waals surface area contributed by atoms with Crippen LogP contribution >= 0.6 is 23.5 Å². The number of carbonyl (C=O) groups is 2. The zero-order valence-electron chi connectivity index (χ0n) is 18.0. The van der Waals surface area contributed by atoms with E-state index in [0.717, 1.165) is 29.2 Å². The Hall–Kier alpha value is -3.31. The first-order valence-corrected chi connectivity index (χ1v) is 11.7. The average molecular weight is 485 g/mol. The molecule has 11 heteroatoms. The minimum absolute atomic E-state index is 0.165. The Bertz CT molecular complexity index is 1200. The van der Waals surface area contributed by atoms with Gasteiger partial charge in [-0.15, -0.1) is 0 Å². The molecule has 0 saturated heterocycles. The highest BCUT2D eigenvalue weighted by Crippen LogP contribution is 2.61. The minimum Gasteiger partial charge on any atom is -0.462 e. The van der Waals surface area contributed by atoms with E-state index in [1.807, 2.05) is 35.2 Å². The van der Waals surface area contributed by atoms with Gasteiger partial charge >= 0.3 is 5.97 Å². The van der Waals surface area contributed by atoms with Gasteiger partial charge in [-0.05, 0) is 43.8 Å². The lowest BCUT2D eigenvalue weighted by Crippen LogP contribution is -2.49. The van der Waals surface area contributed by atoms with Crippen LogP contribution in [0.5, 0.6) is 0 Å². The SMILES string of the molecule is CCOC(=O)C1=C(C)N(c2ccccc2)C2(SC(C(C)=O)=NN2c2ccccc2[N+](=O)[O-])S1. The number of allylic oxidation sites excluding steroid dienone is 1. The molecule has 0 fully saturated rings. The van der Waals surface area contributed by atoms with Gasteiger partial charge in [0, 0.05) is 24.4 Å². The third-order valence-electron chi connectivity index (χ3n) is 4.95. The zero-order valence-corrected chi connectivity index (χ0v) is 19.7. The van der Waals surface area contributed by atoms with Crippen molar-refractivity contribution in [2.24, 2.45) is 5.10 Å². The van der Waals surface area contributed by atoms with Gasteiger partial charge in [-0.25, -0.2) is 9.80 Å². The number of esters is 1. The van der Waals surface area contributed by atoms with Gasteiger partial charge in [0.25, 0.3) is 5.69 Å². The first kappa shape index (κ1) is 22.9. The highest BCUT2D eigenvalue weighted by Gasteiger charge is 2.58. The number of rotatable bonds is 6. The number of hydrogen-bond donors (Lipinski definition) is 0. The second-order valence-electron chi connectivity index (χ2n) is 7.08. The third kappa shape index (κ3) is 3.87. The molecule has 0 radical (unpaired) electrons. The minimum atomic E-state index is -1.22. The summed E-state index contributed by atoms with van der Waals surface area (Å²) in [7, 11) is 0. The van der Waals surface area contributed by atoms with Gasteiger partial charge in [-0.1, -0.05) is 42.1 Å². The number of hydrogen-bond acceptors (Lipinski definition) is 10. The molecule has 0 N–H and O–H groups in total. The Morgan fingerprint density at radius 3 is 2.42 bits per heavy atom. The highest BCUT2D eigenvalue weighted by molar-refractivity contribution is 8.29. The summed E-state index contributed by atoms with van der Waals surface area (Å²) in [5.41, 5.74) is 1.37. The molecule has 2 aliphatic heterocycles. The summed E-state index contributed by atoms with van der Waals surface area (Å²) < 4.78 is 4.05. The van der Waals surface area contributed by atoms with Crippen LogP contribution in [0, 0.1) is 10.1 Å². The normalized spacial score (nSPS) is 19.8. The lowest BCUT2D eigenvalue weighted by Gasteiger charge is -2.41. The van der Waals surface area contributed by atoms with E-state index in [2.05, 4.69) is 5.10 Å². The molecular formula is C22H20N4O5S2. The number of Topliss-reactive ketones (excluding diaryl/α,β-unsaturated/α-hetero) is 1. The van der Waals surface area contributed by atoms with Crippen molar-refractivity contribution in [1.29, 1.82) is 0 Å². The monoisotopic (exact) mass is 484 g/mol. The van der Waals surface area contributed by atoms with Crippen LogP contribution in [0.4, 0.5) is 17.1 Å². The Kier molecular flexibility index (Phi) is 6.17. The van der Waals surface area contributed by atoms with Gasteiger partial charge in [0.1, 0.15) is 10.6 Å². The molecule has 1 atom stereocenters. The van der Waals surface area contributed by atoms with Crippen molar-refractivity contribution < 1.29 is 19.2 Å². The van der Waals surface area contributed by atoms with Gasteiger partial charge < -0.3 is 9.64 Å². The zero-order chi connectivity index (χ0) is 23.8. The quantitative estimate of drug-likeness (QED) is 0.327. The maximum atomic E-state index is 12.8. The average Bonchev–Trinajstić information content (AvgIpc) is 3.32. The molecule has 2 aliphatic rings. The second-order valence-corrected chi connectivity index (χ2v) is 9.68. The molecule has 1 unspecified atom stereocenters. The Morgan fingerprint density at radius 1 is 1.12 bits per heavy atom. The first-order valence-electron chi connectivity index (χ1n) is 10.0. The summed E-state index contributed by atoms with van der Waals surface area (Å²) in [6.07, 6.45) is 0. The molecule has 4 rings (SSSR count). The lowest BCUT2D eigenvalue weighted by molar-refractivity contribution is -0.384. The number of nitro benzene ring substituents is 1. The molecule has 0 aliphatic carbocycles. The van der Waals surface area contributed by atoms with Crippen molar-refractivity contribution in [3.8, 4) is 0 Å². The van der Waals surface area contributed by atoms with Crippen LogP contribution in [-0.2, 0) is 14.3 Å². The number of anilines is 2. The van der Waals surface area contributed by atoms with Crippen LogP contribution in [-0.4, -0.2) is 32.7 Å². The molecule has 0 bridgehead atoms. The van der Waals surface area contributed by atoms with Crippen molar-refractivity contribution in [2.45, 2.75) is 25.1 Å². The van der Waals surface area contributed by atoms with Crippen molar-refractivity contribution >= 4 is 57.4 Å². The Balaban J connectivity index is 1.95. The number of ketones is 1. The molecule has 0 amide bonds. The largest absolute Gasteiger partial charge is 0.462 e. The number of ether oxygens (including phenoxy) is 1. The molecule has 2 aromatic rings. The maximum Gasteiger partial charge on any atom is 0.346 e. The first-order chi connectivity index (χ1) is 15.8. The molecular weight excluding hydrogens is 464 g/mol. The molecule has 2 heterocycles. The summed E-state index contributed by atoms with van der Waals surface area (Å²) in [6, 6.07) is 15.5. The summed E-state index contributed by atoms with van der Waals surface area (Å²) in [4.78, 5) is 38.8. The Labute approximate surface area is 198 Å². The fourth-order valence-electron chi connectivity index (χ4n) is 3.58. The van der Waals surface area contributed by atoms with Gasteiger partial charge in [0.15, 0.2) is 10.8 Å². The molecule has 170 valence electrons. The molecule has 33 heavy (non-hydrogen) atoms. The van der Waals surface area contributed by atoms with Crippen LogP contribution in [0.3, 0.4) is 0 Å². The van der Waals surface area contributed by atoms with E-state index in [4.69, 9.17) is 4.74 Å². The molecule has 2 aromatic carbocycles. The van der Waals surface area contributed by atoms with Gasteiger partial charge in [0.05, 0.1) is 11.5 Å². The van der Waals surface area contributed by atoms with Crippen LogP contribution in [0.1, 0.15) is 20.8 Å². The van der Waals surface area contributed by atoms with E-state index in [1.165, 1.54) is 18.0 Å². The number of carbonyl (C=O) groups excluding carboxylic acids is 2. The Morgan fingerprint density at radius 2 is 1.79 bits per heavy atom. The molecule has 0 aromatic heterocycles. The molecule has 9 nitrogen and oxygen atoms in total. The topological polar surface area (TPSA) is 105 Å². The van der Waals surface area contributed by atoms with Crippen molar-refractivity contribution in [2.75, 3.05) is 16.5 Å². The van der Waals surface area contributed by atoms with Gasteiger partial charge in [-0.3, -0.25) is 14.9 Å². The number of nitro groups is 1. The van der Waals surface area contributed by atoms with Crippen LogP contribution in [0.25, 0.3) is 0 Å². The van der Waals surface area contributed by atoms with E-state index < -0.39 is 15.2 Å². The van der Waals surface area contributed by atoms with Gasteiger partial charge in [0.2, 0.25) is 4.33 Å². The summed E-state index contributed by atoms with van der Waals surface area (Å²) >= 11 is 2.30. The highest BCUT2D eigenvalue weighted by atomic mass is 32.2. The summed E-state index contributed by atoms with van der Waals surface area (Å²) in [5.74, 6) is -0.784. The number of hydrazone groups is 1. The van der Waals surface area contributed by atoms with Crippen molar-refractivity contribution in [3.63, 3.8) is 0 Å². The summed E-state index contributed by atoms with van der Waals surface area (Å²) in [5, 5.41) is 18.0. The van der Waals surface area contributed by atoms with Crippen LogP contribution in [0.2, 0.25) is 0 Å². The second kappa shape index (κ2) is 8.91. The summed E-state index contributed by atoms with van der Waals surface area (Å²) in [6.45, 7) is 5.09. The van der Waals surface area contributed by atoms with Crippen LogP contribution < -0.4 is 9.91 Å². The predicted molar refractivity (Wildman–Crippen MR) is 130 cm³/mol. The van der Waals surface area contributed by atoms with E-state index in [9.17, 15) is 19.7 Å². The number of para-hydroxylation sites is 3. The van der Waals surface area contributed by atoms with E-state index >= 15 is 0 Å². The van der Waals surface area contributed by atoms with Crippen molar-refractivity contribution in [3.05, 3.63) is 75.3 Å². The van der Waals surface area contributed by atoms with E-state index in [-0.39, 0.29) is 28.8 Å². The van der Waals surface area contributed by atoms with Crippen molar-refractivity contribution in [1.82, 2.24) is 0 Å². The molecule has 0 saturated carbocycles. The number of benzene rings is 2. The predicted octanol–water partition coefficient (Wildman–Crippen LogP) is 4.71. The lowest BCUT2D eigenvalue weighted by atomic mass is 10.2. The van der Waals surface area contributed by atoms with Gasteiger partial charge in [-0.2, -0.15) is 5.10 Å². The molecule has 1 spiro atoms. The van der Waals surface area contributed by atoms with E-state index in [0.29, 0.717) is 10.6 Å². The van der Waals surface area contributed by atoms with Crippen LogP contribution in [0.15, 0.2) is 70.3 Å². The number of thioether (sulfide) groups is 2. The smallest absolute Gasteiger partial charge is 0.346 e.